The van der Waals surface area contributed by atoms with E-state index in [4.69, 9.17) is 10.5 Å². The largest absolute Gasteiger partial charge is 0.481 e. The highest BCUT2D eigenvalue weighted by Crippen LogP contribution is 2.25. The number of aliphatic hydroxyl groups excluding tert-OH is 1. The van der Waals surface area contributed by atoms with Crippen LogP contribution in [0.25, 0.3) is 0 Å². The van der Waals surface area contributed by atoms with Gasteiger partial charge in [-0.05, 0) is 18.6 Å². The Balaban J connectivity index is 1.36. The van der Waals surface area contributed by atoms with Gasteiger partial charge in [0.25, 0.3) is 0 Å². The van der Waals surface area contributed by atoms with Gasteiger partial charge in [-0.1, -0.05) is 6.07 Å². The van der Waals surface area contributed by atoms with Crippen molar-refractivity contribution in [2.24, 2.45) is 0 Å². The third-order valence-corrected chi connectivity index (χ3v) is 5.54. The average Bonchev–Trinajstić information content (AvgIpc) is 2.74. The van der Waals surface area contributed by atoms with Gasteiger partial charge in [-0.2, -0.15) is 9.97 Å². The van der Waals surface area contributed by atoms with Gasteiger partial charge in [0.2, 0.25) is 11.8 Å². The van der Waals surface area contributed by atoms with Gasteiger partial charge in [0.05, 0.1) is 13.2 Å². The molecule has 4 heterocycles. The molecule has 150 valence electrons. The van der Waals surface area contributed by atoms with Crippen LogP contribution in [0, 0.1) is 0 Å². The molecule has 0 spiro atoms. The average molecular weight is 385 g/mol. The molecule has 0 radical (unpaired) electrons. The predicted molar refractivity (Wildman–Crippen MR) is 108 cm³/mol. The van der Waals surface area contributed by atoms with Crippen molar-refractivity contribution in [3.63, 3.8) is 0 Å². The first-order valence-electron chi connectivity index (χ1n) is 9.65. The number of piperidine rings is 1. The third kappa shape index (κ3) is 3.95. The molecular formula is C19H27N7O2. The van der Waals surface area contributed by atoms with E-state index in [-0.39, 0.29) is 12.0 Å². The van der Waals surface area contributed by atoms with E-state index in [2.05, 4.69) is 24.8 Å². The SMILES string of the molecule is COc1cc(N2CC[C@H](N3CCN(c4ccccn4)CC3)[C@@H](O)C2)nc(N)n1. The number of piperazine rings is 1. The van der Waals surface area contributed by atoms with Crippen LogP contribution in [-0.4, -0.2) is 83.5 Å². The molecule has 2 saturated heterocycles. The van der Waals surface area contributed by atoms with Crippen LogP contribution in [0.4, 0.5) is 17.6 Å². The lowest BCUT2D eigenvalue weighted by molar-refractivity contribution is 0.0336. The Hall–Kier alpha value is -2.65. The van der Waals surface area contributed by atoms with Gasteiger partial charge in [-0.3, -0.25) is 4.90 Å². The smallest absolute Gasteiger partial charge is 0.225 e. The molecule has 2 fully saturated rings. The lowest BCUT2D eigenvalue weighted by Crippen LogP contribution is -2.59. The molecule has 2 aromatic heterocycles. The summed E-state index contributed by atoms with van der Waals surface area (Å²) in [5.74, 6) is 2.33. The van der Waals surface area contributed by atoms with Crippen LogP contribution in [-0.2, 0) is 0 Å². The van der Waals surface area contributed by atoms with Crippen LogP contribution >= 0.6 is 0 Å². The molecule has 0 aromatic carbocycles. The van der Waals surface area contributed by atoms with Gasteiger partial charge in [0.1, 0.15) is 11.6 Å². The van der Waals surface area contributed by atoms with Crippen LogP contribution < -0.4 is 20.3 Å². The van der Waals surface area contributed by atoms with E-state index in [0.717, 1.165) is 45.0 Å². The van der Waals surface area contributed by atoms with E-state index in [1.54, 1.807) is 13.2 Å². The molecule has 0 amide bonds. The van der Waals surface area contributed by atoms with Gasteiger partial charge in [-0.25, -0.2) is 4.98 Å². The fourth-order valence-corrected chi connectivity index (χ4v) is 4.07. The fourth-order valence-electron chi connectivity index (χ4n) is 4.07. The Morgan fingerprint density at radius 2 is 1.89 bits per heavy atom. The van der Waals surface area contributed by atoms with Gasteiger partial charge in [0.15, 0.2) is 0 Å². The van der Waals surface area contributed by atoms with E-state index >= 15 is 0 Å². The first kappa shape index (κ1) is 18.7. The first-order chi connectivity index (χ1) is 13.6. The number of nitrogen functional groups attached to an aromatic ring is 1. The Bertz CT molecular complexity index is 783. The molecule has 2 aliphatic heterocycles. The number of anilines is 3. The molecule has 28 heavy (non-hydrogen) atoms. The molecule has 3 N–H and O–H groups in total. The highest BCUT2D eigenvalue weighted by molar-refractivity contribution is 5.46. The Labute approximate surface area is 164 Å². The summed E-state index contributed by atoms with van der Waals surface area (Å²) in [5, 5.41) is 10.8. The zero-order valence-electron chi connectivity index (χ0n) is 16.1. The number of β-amino-alcohol motifs (C(OH)–C–C–N with tert-alkyl or cyclic N) is 1. The molecular weight excluding hydrogens is 358 g/mol. The minimum Gasteiger partial charge on any atom is -0.481 e. The van der Waals surface area contributed by atoms with Crippen molar-refractivity contribution in [3.05, 3.63) is 30.5 Å². The van der Waals surface area contributed by atoms with E-state index < -0.39 is 6.10 Å². The normalized spacial score (nSPS) is 23.6. The molecule has 2 aromatic rings. The van der Waals surface area contributed by atoms with Crippen molar-refractivity contribution in [1.29, 1.82) is 0 Å². The van der Waals surface area contributed by atoms with Gasteiger partial charge < -0.3 is 25.4 Å². The Kier molecular flexibility index (Phi) is 5.45. The molecule has 9 heteroatoms. The molecule has 0 bridgehead atoms. The van der Waals surface area contributed by atoms with Crippen LogP contribution in [0.1, 0.15) is 6.42 Å². The minimum absolute atomic E-state index is 0.156. The monoisotopic (exact) mass is 385 g/mol. The second-order valence-electron chi connectivity index (χ2n) is 7.21. The summed E-state index contributed by atoms with van der Waals surface area (Å²) in [6.45, 7) is 5.01. The van der Waals surface area contributed by atoms with Crippen LogP contribution in [0.15, 0.2) is 30.5 Å². The third-order valence-electron chi connectivity index (χ3n) is 5.54. The zero-order chi connectivity index (χ0) is 19.5. The van der Waals surface area contributed by atoms with Gasteiger partial charge in [0, 0.05) is 57.6 Å². The van der Waals surface area contributed by atoms with Crippen LogP contribution in [0.5, 0.6) is 5.88 Å². The summed E-state index contributed by atoms with van der Waals surface area (Å²) in [6, 6.07) is 7.91. The molecule has 4 rings (SSSR count). The van der Waals surface area contributed by atoms with Crippen molar-refractivity contribution >= 4 is 17.6 Å². The van der Waals surface area contributed by atoms with Gasteiger partial charge >= 0.3 is 0 Å². The number of hydrogen-bond acceptors (Lipinski definition) is 9. The molecule has 0 saturated carbocycles. The number of aromatic nitrogens is 3. The minimum atomic E-state index is -0.447. The lowest BCUT2D eigenvalue weighted by atomic mass is 9.99. The predicted octanol–water partition coefficient (Wildman–Crippen LogP) is 0.224. The van der Waals surface area contributed by atoms with E-state index in [9.17, 15) is 5.11 Å². The van der Waals surface area contributed by atoms with E-state index in [1.165, 1.54) is 0 Å². The summed E-state index contributed by atoms with van der Waals surface area (Å²) >= 11 is 0. The van der Waals surface area contributed by atoms with Crippen molar-refractivity contribution in [3.8, 4) is 5.88 Å². The fraction of sp³-hybridized carbons (Fsp3) is 0.526. The number of rotatable bonds is 4. The molecule has 0 unspecified atom stereocenters. The second-order valence-corrected chi connectivity index (χ2v) is 7.21. The van der Waals surface area contributed by atoms with Crippen LogP contribution in [0.3, 0.4) is 0 Å². The Morgan fingerprint density at radius 1 is 1.07 bits per heavy atom. The van der Waals surface area contributed by atoms with Crippen LogP contribution in [0.2, 0.25) is 0 Å². The first-order valence-corrected chi connectivity index (χ1v) is 9.65. The summed E-state index contributed by atoms with van der Waals surface area (Å²) in [7, 11) is 1.55. The number of pyridine rings is 1. The highest BCUT2D eigenvalue weighted by atomic mass is 16.5. The summed E-state index contributed by atoms with van der Waals surface area (Å²) < 4.78 is 5.18. The topological polar surface area (TPSA) is 104 Å². The number of hydrogen-bond donors (Lipinski definition) is 2. The molecule has 2 atom stereocenters. The number of methoxy groups -OCH3 is 1. The number of aliphatic hydroxyl groups is 1. The lowest BCUT2D eigenvalue weighted by Gasteiger charge is -2.45. The van der Waals surface area contributed by atoms with E-state index in [0.29, 0.717) is 18.2 Å². The van der Waals surface area contributed by atoms with Crippen molar-refractivity contribution in [2.45, 2.75) is 18.6 Å². The highest BCUT2D eigenvalue weighted by Gasteiger charge is 2.34. The van der Waals surface area contributed by atoms with Crippen molar-refractivity contribution in [2.75, 3.05) is 61.9 Å². The quantitative estimate of drug-likeness (QED) is 0.765. The summed E-state index contributed by atoms with van der Waals surface area (Å²) in [4.78, 5) is 19.5. The van der Waals surface area contributed by atoms with Gasteiger partial charge in [-0.15, -0.1) is 0 Å². The standard InChI is InChI=1S/C19H27N7O2/c1-28-18-12-17(22-19(20)23-18)26-7-5-14(15(27)13-26)24-8-10-25(11-9-24)16-4-2-3-6-21-16/h2-4,6,12,14-15,27H,5,7-11,13H2,1H3,(H2,20,22,23)/t14-,15-/m0/s1. The molecule has 9 nitrogen and oxygen atoms in total. The maximum absolute atomic E-state index is 10.8. The number of ether oxygens (including phenoxy) is 1. The van der Waals surface area contributed by atoms with E-state index in [1.807, 2.05) is 29.3 Å². The number of nitrogens with two attached hydrogens (primary N) is 1. The summed E-state index contributed by atoms with van der Waals surface area (Å²) in [6.07, 6.45) is 2.25. The maximum atomic E-state index is 10.8. The number of nitrogens with zero attached hydrogens (tertiary/aromatic N) is 6. The maximum Gasteiger partial charge on any atom is 0.225 e. The molecule has 2 aliphatic rings. The second kappa shape index (κ2) is 8.15. The van der Waals surface area contributed by atoms with Crippen molar-refractivity contribution in [1.82, 2.24) is 19.9 Å². The Morgan fingerprint density at radius 3 is 2.57 bits per heavy atom. The summed E-state index contributed by atoms with van der Waals surface area (Å²) in [5.41, 5.74) is 5.77. The van der Waals surface area contributed by atoms with Crippen molar-refractivity contribution < 1.29 is 9.84 Å². The molecule has 0 aliphatic carbocycles. The zero-order valence-corrected chi connectivity index (χ0v) is 16.1.